The largest absolute Gasteiger partial charge is 0.357 e. The van der Waals surface area contributed by atoms with Gasteiger partial charge in [0.05, 0.1) is 12.7 Å². The molecule has 3 nitrogen and oxygen atoms in total. The van der Waals surface area contributed by atoms with E-state index in [1.165, 1.54) is 24.4 Å². The monoisotopic (exact) mass is 334 g/mol. The zero-order valence-electron chi connectivity index (χ0n) is 12.1. The molecule has 1 aliphatic heterocycles. The summed E-state index contributed by atoms with van der Waals surface area (Å²) in [5.74, 6) is -5.56. The summed E-state index contributed by atoms with van der Waals surface area (Å²) in [4.78, 5) is 3.70. The van der Waals surface area contributed by atoms with E-state index in [1.807, 2.05) is 0 Å². The van der Waals surface area contributed by atoms with Gasteiger partial charge in [-0.3, -0.25) is 4.98 Å². The summed E-state index contributed by atoms with van der Waals surface area (Å²) in [6.45, 7) is -0.402. The zero-order chi connectivity index (χ0) is 17.4. The molecule has 24 heavy (non-hydrogen) atoms. The third-order valence-corrected chi connectivity index (χ3v) is 3.76. The topological polar surface area (TPSA) is 49.2 Å². The predicted molar refractivity (Wildman–Crippen MR) is 76.8 cm³/mol. The first-order valence-corrected chi connectivity index (χ1v) is 6.91. The molecule has 0 saturated carbocycles. The maximum atomic E-state index is 14.8. The van der Waals surface area contributed by atoms with E-state index in [4.69, 9.17) is 10.00 Å². The summed E-state index contributed by atoms with van der Waals surface area (Å²) in [6.07, 6.45) is 3.78. The van der Waals surface area contributed by atoms with Crippen molar-refractivity contribution < 1.29 is 22.3 Å². The molecule has 0 aliphatic carbocycles. The number of nitriles is 1. The highest BCUT2D eigenvalue weighted by Crippen LogP contribution is 2.56. The molecule has 1 fully saturated rings. The van der Waals surface area contributed by atoms with Crippen LogP contribution in [0.5, 0.6) is 0 Å². The highest BCUT2D eigenvalue weighted by molar-refractivity contribution is 5.51. The molecule has 3 rings (SSSR count). The Labute approximate surface area is 134 Å². The lowest BCUT2D eigenvalue weighted by Gasteiger charge is -2.24. The minimum Gasteiger partial charge on any atom is -0.357 e. The summed E-state index contributed by atoms with van der Waals surface area (Å²) < 4.78 is 61.5. The zero-order valence-corrected chi connectivity index (χ0v) is 12.1. The summed E-state index contributed by atoms with van der Waals surface area (Å²) in [5, 5.41) is 8.44. The van der Waals surface area contributed by atoms with Gasteiger partial charge in [0.1, 0.15) is 17.3 Å². The first kappa shape index (κ1) is 16.1. The van der Waals surface area contributed by atoms with Crippen molar-refractivity contribution in [2.75, 3.05) is 6.61 Å². The average Bonchev–Trinajstić information content (AvgIpc) is 3.35. The van der Waals surface area contributed by atoms with Crippen LogP contribution in [0.2, 0.25) is 0 Å². The highest BCUT2D eigenvalue weighted by Gasteiger charge is 2.68. The van der Waals surface area contributed by atoms with Gasteiger partial charge in [-0.25, -0.2) is 8.78 Å². The fraction of sp³-hybridized carbons (Fsp3) is 0.176. The second kappa shape index (κ2) is 5.73. The SMILES string of the molecule is N#CC=Cc1ccc(C(F)(F)C2(c3ccc(F)cc3F)CO2)nc1. The number of benzene rings is 1. The number of halogens is 4. The first-order valence-electron chi connectivity index (χ1n) is 6.91. The molecule has 0 spiro atoms. The van der Waals surface area contributed by atoms with E-state index in [1.54, 1.807) is 6.07 Å². The van der Waals surface area contributed by atoms with Crippen molar-refractivity contribution >= 4 is 6.08 Å². The molecule has 1 aromatic heterocycles. The summed E-state index contributed by atoms with van der Waals surface area (Å²) in [6, 6.07) is 6.62. The van der Waals surface area contributed by atoms with Gasteiger partial charge in [-0.2, -0.15) is 14.0 Å². The summed E-state index contributed by atoms with van der Waals surface area (Å²) >= 11 is 0. The number of hydrogen-bond donors (Lipinski definition) is 0. The summed E-state index contributed by atoms with van der Waals surface area (Å²) in [5.41, 5.74) is -2.74. The van der Waals surface area contributed by atoms with Crippen LogP contribution in [-0.2, 0) is 16.3 Å². The van der Waals surface area contributed by atoms with E-state index in [-0.39, 0.29) is 0 Å². The molecule has 0 radical (unpaired) electrons. The molecule has 1 unspecified atom stereocenters. The van der Waals surface area contributed by atoms with E-state index >= 15 is 0 Å². The van der Waals surface area contributed by atoms with E-state index in [0.29, 0.717) is 11.6 Å². The molecule has 0 N–H and O–H groups in total. The molecule has 1 aromatic carbocycles. The Kier molecular flexibility index (Phi) is 3.85. The molecule has 2 heterocycles. The van der Waals surface area contributed by atoms with Gasteiger partial charge in [0.25, 0.3) is 0 Å². The normalized spacial score (nSPS) is 20.1. The molecule has 0 amide bonds. The molecular weight excluding hydrogens is 324 g/mol. The minimum absolute atomic E-state index is 0.402. The average molecular weight is 334 g/mol. The van der Waals surface area contributed by atoms with Crippen LogP contribution < -0.4 is 0 Å². The lowest BCUT2D eigenvalue weighted by molar-refractivity contribution is -0.0901. The molecule has 2 aromatic rings. The Morgan fingerprint density at radius 2 is 2.00 bits per heavy atom. The van der Waals surface area contributed by atoms with Crippen LogP contribution in [0.4, 0.5) is 17.6 Å². The number of nitrogens with zero attached hydrogens (tertiary/aromatic N) is 2. The van der Waals surface area contributed by atoms with Crippen LogP contribution in [0.3, 0.4) is 0 Å². The third-order valence-electron chi connectivity index (χ3n) is 3.76. The quantitative estimate of drug-likeness (QED) is 0.484. The fourth-order valence-corrected chi connectivity index (χ4v) is 2.43. The number of epoxide rings is 1. The van der Waals surface area contributed by atoms with Gasteiger partial charge < -0.3 is 4.74 Å². The smallest absolute Gasteiger partial charge is 0.324 e. The maximum absolute atomic E-state index is 14.8. The molecule has 1 aliphatic rings. The number of allylic oxidation sites excluding steroid dienone is 1. The van der Waals surface area contributed by atoms with E-state index in [9.17, 15) is 17.6 Å². The van der Waals surface area contributed by atoms with Crippen molar-refractivity contribution in [2.24, 2.45) is 0 Å². The van der Waals surface area contributed by atoms with Crippen LogP contribution in [-0.4, -0.2) is 11.6 Å². The number of rotatable bonds is 4. The molecular formula is C17H10F4N2O. The van der Waals surface area contributed by atoms with E-state index < -0.39 is 41.0 Å². The van der Waals surface area contributed by atoms with Crippen molar-refractivity contribution in [3.05, 3.63) is 71.1 Å². The second-order valence-electron chi connectivity index (χ2n) is 5.25. The van der Waals surface area contributed by atoms with Gasteiger partial charge in [-0.1, -0.05) is 6.07 Å². The Balaban J connectivity index is 1.98. The molecule has 1 saturated heterocycles. The summed E-state index contributed by atoms with van der Waals surface area (Å²) in [7, 11) is 0. The number of pyridine rings is 1. The number of aromatic nitrogens is 1. The Morgan fingerprint density at radius 1 is 1.25 bits per heavy atom. The van der Waals surface area contributed by atoms with E-state index in [2.05, 4.69) is 4.98 Å². The molecule has 7 heteroatoms. The van der Waals surface area contributed by atoms with Crippen LogP contribution >= 0.6 is 0 Å². The minimum atomic E-state index is -3.61. The maximum Gasteiger partial charge on any atom is 0.324 e. The predicted octanol–water partition coefficient (Wildman–Crippen LogP) is 3.91. The van der Waals surface area contributed by atoms with Gasteiger partial charge in [0.15, 0.2) is 5.60 Å². The third kappa shape index (κ3) is 2.55. The lowest BCUT2D eigenvalue weighted by Crippen LogP contribution is -2.34. The van der Waals surface area contributed by atoms with Crippen molar-refractivity contribution in [1.29, 1.82) is 5.26 Å². The van der Waals surface area contributed by atoms with Gasteiger partial charge >= 0.3 is 5.92 Å². The van der Waals surface area contributed by atoms with Crippen molar-refractivity contribution in [2.45, 2.75) is 11.5 Å². The Hall–Kier alpha value is -2.72. The number of hydrogen-bond acceptors (Lipinski definition) is 3. The van der Waals surface area contributed by atoms with Gasteiger partial charge in [0, 0.05) is 23.9 Å². The van der Waals surface area contributed by atoms with Crippen molar-refractivity contribution in [3.8, 4) is 6.07 Å². The fourth-order valence-electron chi connectivity index (χ4n) is 2.43. The van der Waals surface area contributed by atoms with Gasteiger partial charge in [0.2, 0.25) is 0 Å². The molecule has 122 valence electrons. The van der Waals surface area contributed by atoms with Crippen LogP contribution in [0, 0.1) is 23.0 Å². The van der Waals surface area contributed by atoms with Crippen molar-refractivity contribution in [3.63, 3.8) is 0 Å². The Bertz CT molecular complexity index is 837. The highest BCUT2D eigenvalue weighted by atomic mass is 19.3. The van der Waals surface area contributed by atoms with E-state index in [0.717, 1.165) is 18.2 Å². The second-order valence-corrected chi connectivity index (χ2v) is 5.25. The molecule has 0 bridgehead atoms. The van der Waals surface area contributed by atoms with Crippen LogP contribution in [0.25, 0.3) is 6.08 Å². The Morgan fingerprint density at radius 3 is 2.54 bits per heavy atom. The standard InChI is InChI=1S/C17H10F4N2O/c18-12-4-5-13(14(19)8-12)16(10-24-16)17(20,21)15-6-3-11(9-23-15)2-1-7-22/h1-6,8-9H,10H2. The first-order chi connectivity index (χ1) is 11.4. The lowest BCUT2D eigenvalue weighted by atomic mass is 9.90. The van der Waals surface area contributed by atoms with Gasteiger partial charge in [-0.15, -0.1) is 0 Å². The number of alkyl halides is 2. The van der Waals surface area contributed by atoms with Gasteiger partial charge in [-0.05, 0) is 29.8 Å². The molecule has 1 atom stereocenters. The van der Waals surface area contributed by atoms with Crippen molar-refractivity contribution in [1.82, 2.24) is 4.98 Å². The number of ether oxygens (including phenoxy) is 1. The van der Waals surface area contributed by atoms with Crippen LogP contribution in [0.15, 0.2) is 42.6 Å². The van der Waals surface area contributed by atoms with Crippen LogP contribution in [0.1, 0.15) is 16.8 Å².